The van der Waals surface area contributed by atoms with Crippen molar-refractivity contribution in [1.82, 2.24) is 14.9 Å². The number of nitro groups is 1. The molecule has 2 heterocycles. The molecule has 11 heteroatoms. The monoisotopic (exact) mass is 497 g/mol. The van der Waals surface area contributed by atoms with Crippen LogP contribution in [0.2, 0.25) is 0 Å². The molecule has 2 aromatic rings. The Morgan fingerprint density at radius 1 is 1.44 bits per heavy atom. The van der Waals surface area contributed by atoms with Gasteiger partial charge in [0, 0.05) is 30.7 Å². The average molecular weight is 500 g/mol. The van der Waals surface area contributed by atoms with Gasteiger partial charge in [-0.15, -0.1) is 12.4 Å². The highest BCUT2D eigenvalue weighted by Gasteiger charge is 2.28. The van der Waals surface area contributed by atoms with E-state index in [1.165, 1.54) is 0 Å². The van der Waals surface area contributed by atoms with Crippen LogP contribution in [0.4, 0.5) is 11.6 Å². The zero-order valence-electron chi connectivity index (χ0n) is 13.4. The van der Waals surface area contributed by atoms with Crippen LogP contribution >= 0.6 is 44.3 Å². The molecule has 1 aromatic heterocycles. The van der Waals surface area contributed by atoms with Crippen molar-refractivity contribution < 1.29 is 10.0 Å². The summed E-state index contributed by atoms with van der Waals surface area (Å²) >= 11 is 6.63. The molecule has 1 fully saturated rings. The summed E-state index contributed by atoms with van der Waals surface area (Å²) in [5.41, 5.74) is 0.885. The van der Waals surface area contributed by atoms with Crippen molar-refractivity contribution in [3.05, 3.63) is 25.1 Å². The molecule has 2 N–H and O–H groups in total. The first-order valence-electron chi connectivity index (χ1n) is 7.56. The van der Waals surface area contributed by atoms with E-state index in [0.29, 0.717) is 32.5 Å². The van der Waals surface area contributed by atoms with Crippen LogP contribution in [0.15, 0.2) is 15.0 Å². The molecule has 0 bridgehead atoms. The van der Waals surface area contributed by atoms with Gasteiger partial charge in [-0.2, -0.15) is 0 Å². The first-order chi connectivity index (χ1) is 11.4. The summed E-state index contributed by atoms with van der Waals surface area (Å²) in [5, 5.41) is 24.7. The zero-order valence-corrected chi connectivity index (χ0v) is 17.4. The van der Waals surface area contributed by atoms with Crippen molar-refractivity contribution in [3.8, 4) is 0 Å². The summed E-state index contributed by atoms with van der Waals surface area (Å²) < 4.78 is 2.81. The van der Waals surface area contributed by atoms with Crippen molar-refractivity contribution in [2.75, 3.05) is 31.1 Å². The van der Waals surface area contributed by atoms with Gasteiger partial charge in [0.1, 0.15) is 4.47 Å². The predicted molar refractivity (Wildman–Crippen MR) is 106 cm³/mol. The highest BCUT2D eigenvalue weighted by atomic mass is 79.9. The number of hydrogen-bond acceptors (Lipinski definition) is 6. The van der Waals surface area contributed by atoms with Gasteiger partial charge < -0.3 is 19.9 Å². The fourth-order valence-electron chi connectivity index (χ4n) is 2.89. The molecule has 1 unspecified atom stereocenters. The SMILES string of the molecule is CC(O)Cn1c(N2CCNCC2)nc2c([N+](=O)[O-])c(Br)c(Br)cc21.Cl. The first kappa shape index (κ1) is 20.4. The van der Waals surface area contributed by atoms with E-state index in [1.807, 2.05) is 4.57 Å². The Hall–Kier alpha value is -0.940. The summed E-state index contributed by atoms with van der Waals surface area (Å²) in [6, 6.07) is 1.80. The molecule has 1 atom stereocenters. The van der Waals surface area contributed by atoms with E-state index in [2.05, 4.69) is 47.1 Å². The fourth-order valence-corrected chi connectivity index (χ4v) is 3.74. The van der Waals surface area contributed by atoms with E-state index in [-0.39, 0.29) is 18.1 Å². The van der Waals surface area contributed by atoms with E-state index >= 15 is 0 Å². The average Bonchev–Trinajstić information content (AvgIpc) is 2.86. The molecule has 0 saturated carbocycles. The molecular weight excluding hydrogens is 481 g/mol. The summed E-state index contributed by atoms with van der Waals surface area (Å²) in [7, 11) is 0. The second-order valence-corrected chi connectivity index (χ2v) is 7.40. The Kier molecular flexibility index (Phi) is 6.66. The highest BCUT2D eigenvalue weighted by Crippen LogP contribution is 2.40. The van der Waals surface area contributed by atoms with Crippen molar-refractivity contribution in [1.29, 1.82) is 0 Å². The third-order valence-electron chi connectivity index (χ3n) is 3.92. The number of aliphatic hydroxyl groups excluding tert-OH is 1. The summed E-state index contributed by atoms with van der Waals surface area (Å²) in [6.07, 6.45) is -0.592. The maximum absolute atomic E-state index is 11.5. The van der Waals surface area contributed by atoms with Crippen LogP contribution in [0.5, 0.6) is 0 Å². The maximum atomic E-state index is 11.5. The summed E-state index contributed by atoms with van der Waals surface area (Å²) in [4.78, 5) is 17.8. The van der Waals surface area contributed by atoms with Crippen LogP contribution < -0.4 is 10.2 Å². The molecule has 0 spiro atoms. The second kappa shape index (κ2) is 8.17. The second-order valence-electron chi connectivity index (χ2n) is 5.75. The number of piperazine rings is 1. The number of imidazole rings is 1. The van der Waals surface area contributed by atoms with Gasteiger partial charge in [-0.25, -0.2) is 4.98 Å². The van der Waals surface area contributed by atoms with E-state index in [0.717, 1.165) is 26.2 Å². The molecule has 0 aliphatic carbocycles. The molecule has 3 rings (SSSR count). The van der Waals surface area contributed by atoms with Gasteiger partial charge in [-0.05, 0) is 44.8 Å². The molecule has 138 valence electrons. The highest BCUT2D eigenvalue weighted by molar-refractivity contribution is 9.13. The Balaban J connectivity index is 0.00000225. The largest absolute Gasteiger partial charge is 0.392 e. The van der Waals surface area contributed by atoms with Crippen molar-refractivity contribution in [2.24, 2.45) is 0 Å². The van der Waals surface area contributed by atoms with Crippen LogP contribution in [0.1, 0.15) is 6.92 Å². The molecule has 1 aliphatic rings. The molecule has 1 aliphatic heterocycles. The summed E-state index contributed by atoms with van der Waals surface area (Å²) in [6.45, 7) is 5.19. The number of fused-ring (bicyclic) bond motifs is 1. The standard InChI is InChI=1S/C14H17Br2N5O3.ClH/c1-8(22)7-20-10-6-9(15)11(16)13(21(23)24)12(10)18-14(20)19-4-2-17-3-5-19;/h6,8,17,22H,2-5,7H2,1H3;1H. The minimum atomic E-state index is -0.592. The lowest BCUT2D eigenvalue weighted by atomic mass is 10.2. The van der Waals surface area contributed by atoms with Crippen LogP contribution in [-0.2, 0) is 6.54 Å². The number of nitrogens with one attached hydrogen (secondary N) is 1. The van der Waals surface area contributed by atoms with Crippen molar-refractivity contribution >= 4 is 66.9 Å². The maximum Gasteiger partial charge on any atom is 0.312 e. The topological polar surface area (TPSA) is 96.5 Å². The van der Waals surface area contributed by atoms with E-state index < -0.39 is 11.0 Å². The lowest BCUT2D eigenvalue weighted by Gasteiger charge is -2.29. The smallest absolute Gasteiger partial charge is 0.312 e. The Labute approximate surface area is 167 Å². The number of halogens is 3. The number of nitrogens with zero attached hydrogens (tertiary/aromatic N) is 4. The normalized spacial score (nSPS) is 15.9. The minimum absolute atomic E-state index is 0. The fraction of sp³-hybridized carbons (Fsp3) is 0.500. The Bertz CT molecular complexity index is 793. The van der Waals surface area contributed by atoms with Crippen molar-refractivity contribution in [3.63, 3.8) is 0 Å². The predicted octanol–water partition coefficient (Wildman–Crippen LogP) is 2.68. The molecular formula is C14H18Br2ClN5O3. The summed E-state index contributed by atoms with van der Waals surface area (Å²) in [5.74, 6) is 0.653. The zero-order chi connectivity index (χ0) is 17.4. The number of aliphatic hydroxyl groups is 1. The van der Waals surface area contributed by atoms with E-state index in [4.69, 9.17) is 0 Å². The molecule has 25 heavy (non-hydrogen) atoms. The molecule has 0 amide bonds. The van der Waals surface area contributed by atoms with Crippen LogP contribution in [0.3, 0.4) is 0 Å². The quantitative estimate of drug-likeness (QED) is 0.496. The van der Waals surface area contributed by atoms with Gasteiger partial charge in [-0.3, -0.25) is 10.1 Å². The number of nitro benzene ring substituents is 1. The van der Waals surface area contributed by atoms with Gasteiger partial charge in [0.05, 0.1) is 23.1 Å². The number of hydrogen-bond donors (Lipinski definition) is 2. The van der Waals surface area contributed by atoms with Gasteiger partial charge >= 0.3 is 5.69 Å². The third-order valence-corrected chi connectivity index (χ3v) is 5.88. The van der Waals surface area contributed by atoms with Gasteiger partial charge in [0.15, 0.2) is 5.52 Å². The number of aromatic nitrogens is 2. The lowest BCUT2D eigenvalue weighted by Crippen LogP contribution is -2.44. The number of benzene rings is 1. The van der Waals surface area contributed by atoms with Gasteiger partial charge in [0.25, 0.3) is 0 Å². The first-order valence-corrected chi connectivity index (χ1v) is 9.15. The Morgan fingerprint density at radius 2 is 2.08 bits per heavy atom. The Morgan fingerprint density at radius 3 is 2.64 bits per heavy atom. The van der Waals surface area contributed by atoms with Crippen LogP contribution in [0, 0.1) is 10.1 Å². The minimum Gasteiger partial charge on any atom is -0.392 e. The molecule has 1 saturated heterocycles. The number of anilines is 1. The van der Waals surface area contributed by atoms with Gasteiger partial charge in [0.2, 0.25) is 5.95 Å². The van der Waals surface area contributed by atoms with E-state index in [9.17, 15) is 15.2 Å². The molecule has 0 radical (unpaired) electrons. The van der Waals surface area contributed by atoms with E-state index in [1.54, 1.807) is 13.0 Å². The van der Waals surface area contributed by atoms with Crippen molar-refractivity contribution in [2.45, 2.75) is 19.6 Å². The van der Waals surface area contributed by atoms with Gasteiger partial charge in [-0.1, -0.05) is 0 Å². The van der Waals surface area contributed by atoms with Crippen LogP contribution in [-0.4, -0.2) is 51.9 Å². The van der Waals surface area contributed by atoms with Crippen LogP contribution in [0.25, 0.3) is 11.0 Å². The lowest BCUT2D eigenvalue weighted by molar-refractivity contribution is -0.384. The third kappa shape index (κ3) is 3.92. The molecule has 1 aromatic carbocycles. The number of rotatable bonds is 4. The molecule has 8 nitrogen and oxygen atoms in total.